The molecule has 3 aromatic rings. The molecule has 0 saturated heterocycles. The molecule has 3 aromatic carbocycles. The van der Waals surface area contributed by atoms with Crippen molar-refractivity contribution < 1.29 is 22.7 Å². The Kier molecular flexibility index (Phi) is 13.1. The van der Waals surface area contributed by atoms with Gasteiger partial charge >= 0.3 is 0 Å². The number of halogens is 1. The lowest BCUT2D eigenvalue weighted by molar-refractivity contribution is -0.141. The highest BCUT2D eigenvalue weighted by Gasteiger charge is 2.31. The predicted octanol–water partition coefficient (Wildman–Crippen LogP) is 5.95. The summed E-state index contributed by atoms with van der Waals surface area (Å²) in [5.74, 6) is 0.220. The Morgan fingerprint density at radius 3 is 2.16 bits per heavy atom. The number of hydrogen-bond acceptors (Lipinski definition) is 5. The summed E-state index contributed by atoms with van der Waals surface area (Å²) in [5, 5.41) is 3.07. The maximum absolute atomic E-state index is 13.9. The topological polar surface area (TPSA) is 96.0 Å². The normalized spacial score (nSPS) is 12.7. The molecule has 0 aliphatic heterocycles. The molecule has 232 valence electrons. The van der Waals surface area contributed by atoms with Gasteiger partial charge in [0.15, 0.2) is 0 Å². The first-order chi connectivity index (χ1) is 20.5. The lowest BCUT2D eigenvalue weighted by Crippen LogP contribution is -2.52. The fraction of sp³-hybridized carbons (Fsp3) is 0.394. The predicted molar refractivity (Wildman–Crippen MR) is 176 cm³/mol. The number of rotatable bonds is 16. The average Bonchev–Trinajstić information content (AvgIpc) is 2.98. The maximum Gasteiger partial charge on any atom is 0.243 e. The van der Waals surface area contributed by atoms with Gasteiger partial charge in [0.25, 0.3) is 0 Å². The third-order valence-electron chi connectivity index (χ3n) is 7.13. The van der Waals surface area contributed by atoms with Crippen molar-refractivity contribution in [3.05, 3.63) is 94.5 Å². The highest BCUT2D eigenvalue weighted by molar-refractivity contribution is 9.10. The fourth-order valence-electron chi connectivity index (χ4n) is 4.66. The molecule has 0 bridgehead atoms. The SMILES string of the molecule is CCOc1ccc(N(CCCC(=O)N(Cc2ccc(Br)cc2)[C@@H](Cc2ccccc2)C(=O)N[C@H](C)CC)S(C)(=O)=O)cc1. The van der Waals surface area contributed by atoms with Gasteiger partial charge in [-0.15, -0.1) is 0 Å². The molecule has 43 heavy (non-hydrogen) atoms. The standard InChI is InChI=1S/C33H42BrN3O5S/c1-5-25(3)35-33(39)31(23-26-11-8-7-9-12-26)36(24-27-14-16-28(34)17-15-27)32(38)13-10-22-37(43(4,40)41)29-18-20-30(21-19-29)42-6-2/h7-9,11-12,14-21,25,31H,5-6,10,13,22-24H2,1-4H3,(H,35,39)/t25-,31+/m1/s1. The second-order valence-corrected chi connectivity index (χ2v) is 13.4. The number of carbonyl (C=O) groups is 2. The number of anilines is 1. The van der Waals surface area contributed by atoms with E-state index in [0.717, 1.165) is 28.3 Å². The summed E-state index contributed by atoms with van der Waals surface area (Å²) in [4.78, 5) is 29.2. The van der Waals surface area contributed by atoms with Gasteiger partial charge in [-0.2, -0.15) is 0 Å². The molecular formula is C33H42BrN3O5S. The summed E-state index contributed by atoms with van der Waals surface area (Å²) in [6.07, 6.45) is 2.62. The highest BCUT2D eigenvalue weighted by Crippen LogP contribution is 2.23. The van der Waals surface area contributed by atoms with Crippen LogP contribution in [0.2, 0.25) is 0 Å². The maximum atomic E-state index is 13.9. The summed E-state index contributed by atoms with van der Waals surface area (Å²) in [6.45, 7) is 6.69. The molecule has 0 spiro atoms. The number of hydrogen-bond donors (Lipinski definition) is 1. The van der Waals surface area contributed by atoms with E-state index >= 15 is 0 Å². The highest BCUT2D eigenvalue weighted by atomic mass is 79.9. The van der Waals surface area contributed by atoms with Gasteiger partial charge in [-0.1, -0.05) is 65.3 Å². The van der Waals surface area contributed by atoms with Gasteiger partial charge in [-0.3, -0.25) is 13.9 Å². The van der Waals surface area contributed by atoms with Crippen LogP contribution in [-0.4, -0.2) is 56.6 Å². The van der Waals surface area contributed by atoms with Crippen LogP contribution in [0.5, 0.6) is 5.75 Å². The number of benzene rings is 3. The minimum atomic E-state index is -3.60. The molecule has 0 heterocycles. The van der Waals surface area contributed by atoms with Gasteiger partial charge in [0.2, 0.25) is 21.8 Å². The number of amides is 2. The molecule has 0 fully saturated rings. The molecule has 2 atom stereocenters. The lowest BCUT2D eigenvalue weighted by atomic mass is 10.0. The minimum absolute atomic E-state index is 0.0483. The van der Waals surface area contributed by atoms with Crippen molar-refractivity contribution in [1.29, 1.82) is 0 Å². The average molecular weight is 673 g/mol. The minimum Gasteiger partial charge on any atom is -0.494 e. The molecule has 10 heteroatoms. The van der Waals surface area contributed by atoms with Crippen LogP contribution in [0, 0.1) is 0 Å². The van der Waals surface area contributed by atoms with E-state index in [1.807, 2.05) is 75.4 Å². The largest absolute Gasteiger partial charge is 0.494 e. The Balaban J connectivity index is 1.86. The molecule has 3 rings (SSSR count). The molecule has 0 aliphatic rings. The van der Waals surface area contributed by atoms with Crippen molar-refractivity contribution in [2.75, 3.05) is 23.7 Å². The quantitative estimate of drug-likeness (QED) is 0.203. The van der Waals surface area contributed by atoms with Crippen LogP contribution < -0.4 is 14.4 Å². The van der Waals surface area contributed by atoms with E-state index in [0.29, 0.717) is 24.5 Å². The smallest absolute Gasteiger partial charge is 0.243 e. The third-order valence-corrected chi connectivity index (χ3v) is 8.85. The van der Waals surface area contributed by atoms with E-state index in [9.17, 15) is 18.0 Å². The summed E-state index contributed by atoms with van der Waals surface area (Å²) in [5.41, 5.74) is 2.33. The Morgan fingerprint density at radius 2 is 1.58 bits per heavy atom. The van der Waals surface area contributed by atoms with Crippen LogP contribution in [0.15, 0.2) is 83.3 Å². The van der Waals surface area contributed by atoms with Gasteiger partial charge in [0.1, 0.15) is 11.8 Å². The van der Waals surface area contributed by atoms with Crippen LogP contribution in [-0.2, 0) is 32.6 Å². The Labute approximate surface area is 264 Å². The van der Waals surface area contributed by atoms with E-state index in [4.69, 9.17) is 4.74 Å². The summed E-state index contributed by atoms with van der Waals surface area (Å²) in [7, 11) is -3.60. The van der Waals surface area contributed by atoms with Crippen LogP contribution in [0.3, 0.4) is 0 Å². The van der Waals surface area contributed by atoms with Crippen molar-refractivity contribution in [2.24, 2.45) is 0 Å². The van der Waals surface area contributed by atoms with Crippen molar-refractivity contribution in [2.45, 2.75) is 65.1 Å². The summed E-state index contributed by atoms with van der Waals surface area (Å²) >= 11 is 3.46. The monoisotopic (exact) mass is 671 g/mol. The van der Waals surface area contributed by atoms with Crippen LogP contribution in [0.25, 0.3) is 0 Å². The third kappa shape index (κ3) is 10.7. The first-order valence-electron chi connectivity index (χ1n) is 14.6. The number of nitrogens with zero attached hydrogens (tertiary/aromatic N) is 2. The van der Waals surface area contributed by atoms with Crippen LogP contribution in [0.4, 0.5) is 5.69 Å². The number of carbonyl (C=O) groups excluding carboxylic acids is 2. The van der Waals surface area contributed by atoms with Crippen molar-refractivity contribution in [3.8, 4) is 5.75 Å². The zero-order valence-electron chi connectivity index (χ0n) is 25.3. The van der Waals surface area contributed by atoms with Gasteiger partial charge in [-0.05, 0) is 74.2 Å². The fourth-order valence-corrected chi connectivity index (χ4v) is 5.89. The first kappa shape index (κ1) is 34.1. The van der Waals surface area contributed by atoms with E-state index in [1.54, 1.807) is 29.2 Å². The van der Waals surface area contributed by atoms with Crippen LogP contribution in [0.1, 0.15) is 51.2 Å². The van der Waals surface area contributed by atoms with E-state index in [1.165, 1.54) is 4.31 Å². The summed E-state index contributed by atoms with van der Waals surface area (Å²) < 4.78 is 33.1. The van der Waals surface area contributed by atoms with Crippen molar-refractivity contribution in [3.63, 3.8) is 0 Å². The van der Waals surface area contributed by atoms with Crippen molar-refractivity contribution >= 4 is 43.5 Å². The molecule has 8 nitrogen and oxygen atoms in total. The van der Waals surface area contributed by atoms with Gasteiger partial charge in [0, 0.05) is 36.4 Å². The van der Waals surface area contributed by atoms with Gasteiger partial charge < -0.3 is 15.0 Å². The molecule has 0 saturated carbocycles. The number of nitrogens with one attached hydrogen (secondary N) is 1. The van der Waals surface area contributed by atoms with Gasteiger partial charge in [0.05, 0.1) is 18.6 Å². The molecule has 0 aliphatic carbocycles. The number of sulfonamides is 1. The van der Waals surface area contributed by atoms with Gasteiger partial charge in [-0.25, -0.2) is 8.42 Å². The van der Waals surface area contributed by atoms with E-state index in [-0.39, 0.29) is 43.8 Å². The zero-order valence-corrected chi connectivity index (χ0v) is 27.7. The molecule has 0 radical (unpaired) electrons. The molecular weight excluding hydrogens is 630 g/mol. The van der Waals surface area contributed by atoms with E-state index < -0.39 is 16.1 Å². The molecule has 1 N–H and O–H groups in total. The molecule has 0 aromatic heterocycles. The van der Waals surface area contributed by atoms with E-state index in [2.05, 4.69) is 21.2 Å². The zero-order chi connectivity index (χ0) is 31.4. The number of ether oxygens (including phenoxy) is 1. The second kappa shape index (κ2) is 16.5. The second-order valence-electron chi connectivity index (χ2n) is 10.5. The van der Waals surface area contributed by atoms with Crippen LogP contribution >= 0.6 is 15.9 Å². The Hall–Kier alpha value is -3.37. The molecule has 2 amide bonds. The Morgan fingerprint density at radius 1 is 0.930 bits per heavy atom. The molecule has 0 unspecified atom stereocenters. The van der Waals surface area contributed by atoms with Crippen molar-refractivity contribution in [1.82, 2.24) is 10.2 Å². The Bertz CT molecular complexity index is 1420. The lowest BCUT2D eigenvalue weighted by Gasteiger charge is -2.32. The summed E-state index contributed by atoms with van der Waals surface area (Å²) in [6, 6.07) is 23.4. The first-order valence-corrected chi connectivity index (χ1v) is 17.2.